The first kappa shape index (κ1) is 17.7. The predicted octanol–water partition coefficient (Wildman–Crippen LogP) is 2.16. The van der Waals surface area contributed by atoms with Gasteiger partial charge >= 0.3 is 0 Å². The van der Waals surface area contributed by atoms with Gasteiger partial charge in [-0.1, -0.05) is 19.1 Å². The standard InChI is InChI=1S/C18H22N6O2/c1-4-15-20-21-16-10-11-17(22-24(15)16)23(5-2)12-18(25)19-13-8-6-7-9-14(13)26-3/h6-11H,4-5,12H2,1-3H3,(H,19,25). The van der Waals surface area contributed by atoms with Gasteiger partial charge in [-0.25, -0.2) is 0 Å². The lowest BCUT2D eigenvalue weighted by Crippen LogP contribution is -2.34. The molecule has 0 aliphatic rings. The van der Waals surface area contributed by atoms with E-state index in [-0.39, 0.29) is 12.5 Å². The molecule has 0 aliphatic heterocycles. The molecular weight excluding hydrogens is 332 g/mol. The van der Waals surface area contributed by atoms with Gasteiger partial charge in [-0.3, -0.25) is 4.79 Å². The fraction of sp³-hybridized carbons (Fsp3) is 0.333. The van der Waals surface area contributed by atoms with Crippen molar-refractivity contribution in [1.82, 2.24) is 19.8 Å². The first-order valence-corrected chi connectivity index (χ1v) is 8.55. The molecule has 0 radical (unpaired) electrons. The highest BCUT2D eigenvalue weighted by Gasteiger charge is 2.15. The number of anilines is 2. The number of nitrogens with one attached hydrogen (secondary N) is 1. The van der Waals surface area contributed by atoms with Crippen LogP contribution in [0.1, 0.15) is 19.7 Å². The molecule has 8 nitrogen and oxygen atoms in total. The van der Waals surface area contributed by atoms with Gasteiger partial charge in [-0.05, 0) is 31.2 Å². The largest absolute Gasteiger partial charge is 0.495 e. The molecule has 0 fully saturated rings. The monoisotopic (exact) mass is 354 g/mol. The smallest absolute Gasteiger partial charge is 0.244 e. The molecule has 0 aliphatic carbocycles. The Labute approximate surface area is 151 Å². The van der Waals surface area contributed by atoms with Crippen molar-refractivity contribution in [2.45, 2.75) is 20.3 Å². The molecule has 2 heterocycles. The molecule has 2 aromatic heterocycles. The number of ether oxygens (including phenoxy) is 1. The number of carbonyl (C=O) groups excluding carboxylic acids is 1. The zero-order valence-corrected chi connectivity index (χ0v) is 15.1. The number of amides is 1. The van der Waals surface area contributed by atoms with Crippen molar-refractivity contribution in [1.29, 1.82) is 0 Å². The van der Waals surface area contributed by atoms with Crippen LogP contribution in [0.2, 0.25) is 0 Å². The van der Waals surface area contributed by atoms with Crippen molar-refractivity contribution in [3.8, 4) is 5.75 Å². The second-order valence-electron chi connectivity index (χ2n) is 5.69. The van der Waals surface area contributed by atoms with Crippen LogP contribution in [0.5, 0.6) is 5.75 Å². The number of rotatable bonds is 7. The summed E-state index contributed by atoms with van der Waals surface area (Å²) in [6, 6.07) is 11.0. The number of aromatic nitrogens is 4. The number of likely N-dealkylation sites (N-methyl/N-ethyl adjacent to an activating group) is 1. The van der Waals surface area contributed by atoms with E-state index in [4.69, 9.17) is 4.74 Å². The first-order valence-electron chi connectivity index (χ1n) is 8.55. The van der Waals surface area contributed by atoms with Crippen LogP contribution in [-0.2, 0) is 11.2 Å². The summed E-state index contributed by atoms with van der Waals surface area (Å²) in [6.45, 7) is 4.80. The van der Waals surface area contributed by atoms with E-state index in [1.54, 1.807) is 17.7 Å². The molecule has 1 N–H and O–H groups in total. The molecule has 0 bridgehead atoms. The van der Waals surface area contributed by atoms with Gasteiger partial charge in [-0.15, -0.1) is 15.3 Å². The lowest BCUT2D eigenvalue weighted by molar-refractivity contribution is -0.115. The Hall–Kier alpha value is -3.16. The van der Waals surface area contributed by atoms with Crippen LogP contribution in [0.4, 0.5) is 11.5 Å². The predicted molar refractivity (Wildman–Crippen MR) is 99.7 cm³/mol. The molecular formula is C18H22N6O2. The minimum absolute atomic E-state index is 0.141. The third-order valence-electron chi connectivity index (χ3n) is 4.05. The van der Waals surface area contributed by atoms with E-state index in [0.717, 1.165) is 12.2 Å². The molecule has 0 atom stereocenters. The molecule has 26 heavy (non-hydrogen) atoms. The molecule has 1 amide bonds. The normalized spacial score (nSPS) is 10.7. The first-order chi connectivity index (χ1) is 12.7. The molecule has 0 unspecified atom stereocenters. The summed E-state index contributed by atoms with van der Waals surface area (Å²) in [7, 11) is 1.58. The van der Waals surface area contributed by atoms with Crippen molar-refractivity contribution >= 4 is 23.1 Å². The van der Waals surface area contributed by atoms with Crippen LogP contribution < -0.4 is 15.0 Å². The van der Waals surface area contributed by atoms with Crippen molar-refractivity contribution in [2.24, 2.45) is 0 Å². The van der Waals surface area contributed by atoms with Crippen LogP contribution in [0.25, 0.3) is 5.65 Å². The van der Waals surface area contributed by atoms with Gasteiger partial charge in [-0.2, -0.15) is 4.52 Å². The van der Waals surface area contributed by atoms with E-state index >= 15 is 0 Å². The summed E-state index contributed by atoms with van der Waals surface area (Å²) < 4.78 is 6.99. The molecule has 3 rings (SSSR count). The lowest BCUT2D eigenvalue weighted by atomic mass is 10.3. The highest BCUT2D eigenvalue weighted by atomic mass is 16.5. The van der Waals surface area contributed by atoms with Crippen molar-refractivity contribution < 1.29 is 9.53 Å². The Bertz CT molecular complexity index is 908. The topological polar surface area (TPSA) is 84.7 Å². The number of para-hydroxylation sites is 2. The summed E-state index contributed by atoms with van der Waals surface area (Å²) in [5.74, 6) is 1.97. The third-order valence-corrected chi connectivity index (χ3v) is 4.05. The number of hydrogen-bond donors (Lipinski definition) is 1. The van der Waals surface area contributed by atoms with Crippen molar-refractivity contribution in [3.63, 3.8) is 0 Å². The van der Waals surface area contributed by atoms with Crippen LogP contribution in [0.15, 0.2) is 36.4 Å². The highest BCUT2D eigenvalue weighted by Crippen LogP contribution is 2.23. The summed E-state index contributed by atoms with van der Waals surface area (Å²) >= 11 is 0. The molecule has 1 aromatic carbocycles. The highest BCUT2D eigenvalue weighted by molar-refractivity contribution is 5.95. The minimum Gasteiger partial charge on any atom is -0.495 e. The van der Waals surface area contributed by atoms with Gasteiger partial charge in [0.1, 0.15) is 11.6 Å². The van der Waals surface area contributed by atoms with E-state index < -0.39 is 0 Å². The third kappa shape index (κ3) is 3.58. The zero-order valence-electron chi connectivity index (χ0n) is 15.1. The Morgan fingerprint density at radius 2 is 2.00 bits per heavy atom. The number of nitrogens with zero attached hydrogens (tertiary/aromatic N) is 5. The number of carbonyl (C=O) groups is 1. The van der Waals surface area contributed by atoms with Gasteiger partial charge in [0, 0.05) is 13.0 Å². The molecule has 136 valence electrons. The average molecular weight is 354 g/mol. The van der Waals surface area contributed by atoms with Gasteiger partial charge in [0.25, 0.3) is 0 Å². The number of benzene rings is 1. The van der Waals surface area contributed by atoms with Gasteiger partial charge < -0.3 is 15.0 Å². The van der Waals surface area contributed by atoms with Crippen LogP contribution in [0.3, 0.4) is 0 Å². The van der Waals surface area contributed by atoms with Gasteiger partial charge in [0.15, 0.2) is 11.5 Å². The molecule has 8 heteroatoms. The fourth-order valence-electron chi connectivity index (χ4n) is 2.68. The SMILES string of the molecule is CCc1nnc2ccc(N(CC)CC(=O)Nc3ccccc3OC)nn12. The van der Waals surface area contributed by atoms with Crippen molar-refractivity contribution in [2.75, 3.05) is 30.4 Å². The zero-order chi connectivity index (χ0) is 18.5. The Morgan fingerprint density at radius 3 is 2.73 bits per heavy atom. The summed E-state index contributed by atoms with van der Waals surface area (Å²) in [4.78, 5) is 14.4. The van der Waals surface area contributed by atoms with E-state index in [9.17, 15) is 4.79 Å². The van der Waals surface area contributed by atoms with Crippen LogP contribution in [-0.4, -0.2) is 45.9 Å². The number of aryl methyl sites for hydroxylation is 1. The van der Waals surface area contributed by atoms with E-state index in [2.05, 4.69) is 20.6 Å². The van der Waals surface area contributed by atoms with E-state index in [1.807, 2.05) is 49.1 Å². The number of fused-ring (bicyclic) bond motifs is 1. The number of methoxy groups -OCH3 is 1. The van der Waals surface area contributed by atoms with Crippen LogP contribution in [0, 0.1) is 0 Å². The maximum absolute atomic E-state index is 12.5. The Morgan fingerprint density at radius 1 is 1.19 bits per heavy atom. The minimum atomic E-state index is -0.141. The summed E-state index contributed by atoms with van der Waals surface area (Å²) in [5, 5.41) is 15.7. The summed E-state index contributed by atoms with van der Waals surface area (Å²) in [5.41, 5.74) is 1.34. The van der Waals surface area contributed by atoms with Crippen LogP contribution >= 0.6 is 0 Å². The molecule has 0 saturated heterocycles. The number of hydrogen-bond acceptors (Lipinski definition) is 6. The van der Waals surface area contributed by atoms with E-state index in [0.29, 0.717) is 29.4 Å². The Kier molecular flexibility index (Phi) is 5.31. The second-order valence-corrected chi connectivity index (χ2v) is 5.69. The fourth-order valence-corrected chi connectivity index (χ4v) is 2.68. The molecule has 0 spiro atoms. The van der Waals surface area contributed by atoms with Gasteiger partial charge in [0.05, 0.1) is 19.3 Å². The maximum atomic E-state index is 12.5. The summed E-state index contributed by atoms with van der Waals surface area (Å²) in [6.07, 6.45) is 0.734. The lowest BCUT2D eigenvalue weighted by Gasteiger charge is -2.21. The Balaban J connectivity index is 1.77. The molecule has 3 aromatic rings. The van der Waals surface area contributed by atoms with Gasteiger partial charge in [0.2, 0.25) is 5.91 Å². The van der Waals surface area contributed by atoms with E-state index in [1.165, 1.54) is 0 Å². The molecule has 0 saturated carbocycles. The quantitative estimate of drug-likeness (QED) is 0.700. The second kappa shape index (κ2) is 7.81. The average Bonchev–Trinajstić information content (AvgIpc) is 3.08. The maximum Gasteiger partial charge on any atom is 0.244 e. The van der Waals surface area contributed by atoms with Crippen molar-refractivity contribution in [3.05, 3.63) is 42.2 Å².